The predicted molar refractivity (Wildman–Crippen MR) is 56.3 cm³/mol. The highest BCUT2D eigenvalue weighted by atomic mass is 32.1. The van der Waals surface area contributed by atoms with E-state index in [2.05, 4.69) is 4.98 Å². The molecular formula is C10H9NO2S. The van der Waals surface area contributed by atoms with Gasteiger partial charge in [-0.25, -0.2) is 0 Å². The first-order valence-electron chi connectivity index (χ1n) is 4.18. The van der Waals surface area contributed by atoms with E-state index in [1.807, 2.05) is 17.5 Å². The zero-order chi connectivity index (χ0) is 9.97. The van der Waals surface area contributed by atoms with Gasteiger partial charge in [-0.15, -0.1) is 11.3 Å². The minimum absolute atomic E-state index is 0.222. The molecule has 0 amide bonds. The number of nitrogens with one attached hydrogen (secondary N) is 1. The van der Waals surface area contributed by atoms with Crippen LogP contribution >= 0.6 is 11.3 Å². The average Bonchev–Trinajstić information content (AvgIpc) is 2.70. The molecule has 14 heavy (non-hydrogen) atoms. The first kappa shape index (κ1) is 9.18. The molecule has 72 valence electrons. The van der Waals surface area contributed by atoms with Crippen LogP contribution in [-0.4, -0.2) is 10.1 Å². The average molecular weight is 207 g/mol. The Morgan fingerprint density at radius 1 is 1.36 bits per heavy atom. The third-order valence-corrected chi connectivity index (χ3v) is 2.85. The van der Waals surface area contributed by atoms with Crippen LogP contribution in [0, 0.1) is 0 Å². The molecule has 4 heteroatoms. The fourth-order valence-corrected chi connectivity index (χ4v) is 1.91. The molecular weight excluding hydrogens is 198 g/mol. The van der Waals surface area contributed by atoms with Crippen LogP contribution in [0.4, 0.5) is 0 Å². The molecule has 0 radical (unpaired) electrons. The normalized spacial score (nSPS) is 10.4. The van der Waals surface area contributed by atoms with E-state index in [9.17, 15) is 4.79 Å². The molecule has 2 aromatic heterocycles. The van der Waals surface area contributed by atoms with Gasteiger partial charge < -0.3 is 10.1 Å². The Bertz CT molecular complexity index is 473. The van der Waals surface area contributed by atoms with Crippen molar-refractivity contribution in [3.05, 3.63) is 45.6 Å². The molecule has 0 unspecified atom stereocenters. The number of hydrogen-bond donors (Lipinski definition) is 2. The monoisotopic (exact) mass is 207 g/mol. The van der Waals surface area contributed by atoms with Gasteiger partial charge in [-0.3, -0.25) is 4.79 Å². The lowest BCUT2D eigenvalue weighted by molar-refractivity contribution is 0.280. The van der Waals surface area contributed by atoms with Crippen molar-refractivity contribution in [3.8, 4) is 10.6 Å². The van der Waals surface area contributed by atoms with Gasteiger partial charge in [0.15, 0.2) is 0 Å². The zero-order valence-electron chi connectivity index (χ0n) is 7.36. The summed E-state index contributed by atoms with van der Waals surface area (Å²) < 4.78 is 0. The topological polar surface area (TPSA) is 53.1 Å². The molecule has 0 atom stereocenters. The predicted octanol–water partition coefficient (Wildman–Crippen LogP) is 1.60. The van der Waals surface area contributed by atoms with Crippen LogP contribution in [-0.2, 0) is 6.61 Å². The standard InChI is InChI=1S/C10H9NO2S/c12-6-7-3-4-8(11-10(7)13)9-2-1-5-14-9/h1-5,12H,6H2,(H,11,13). The van der Waals surface area contributed by atoms with Crippen molar-refractivity contribution in [1.82, 2.24) is 4.98 Å². The van der Waals surface area contributed by atoms with Crippen LogP contribution in [0.25, 0.3) is 10.6 Å². The van der Waals surface area contributed by atoms with E-state index in [1.165, 1.54) is 0 Å². The number of aliphatic hydroxyl groups excluding tert-OH is 1. The van der Waals surface area contributed by atoms with Crippen molar-refractivity contribution in [2.24, 2.45) is 0 Å². The third-order valence-electron chi connectivity index (χ3n) is 1.95. The molecule has 0 fully saturated rings. The molecule has 2 rings (SSSR count). The smallest absolute Gasteiger partial charge is 0.253 e. The molecule has 0 aliphatic heterocycles. The quantitative estimate of drug-likeness (QED) is 0.785. The lowest BCUT2D eigenvalue weighted by Crippen LogP contribution is -2.12. The van der Waals surface area contributed by atoms with Crippen LogP contribution < -0.4 is 5.56 Å². The molecule has 0 aliphatic carbocycles. The second kappa shape index (κ2) is 3.77. The number of thiophene rings is 1. The summed E-state index contributed by atoms with van der Waals surface area (Å²) in [6.07, 6.45) is 0. The largest absolute Gasteiger partial charge is 0.391 e. The Hall–Kier alpha value is -1.39. The number of aliphatic hydroxyl groups is 1. The summed E-state index contributed by atoms with van der Waals surface area (Å²) in [5.74, 6) is 0. The van der Waals surface area contributed by atoms with Gasteiger partial charge in [-0.1, -0.05) is 6.07 Å². The van der Waals surface area contributed by atoms with Gasteiger partial charge in [0.1, 0.15) is 0 Å². The van der Waals surface area contributed by atoms with E-state index < -0.39 is 0 Å². The summed E-state index contributed by atoms with van der Waals surface area (Å²) >= 11 is 1.57. The highest BCUT2D eigenvalue weighted by molar-refractivity contribution is 7.13. The first-order valence-corrected chi connectivity index (χ1v) is 5.06. The number of pyridine rings is 1. The maximum atomic E-state index is 11.4. The Balaban J connectivity index is 2.48. The van der Waals surface area contributed by atoms with Gasteiger partial charge in [0, 0.05) is 5.56 Å². The minimum atomic E-state index is -0.224. The maximum absolute atomic E-state index is 11.4. The molecule has 0 saturated heterocycles. The van der Waals surface area contributed by atoms with Gasteiger partial charge in [-0.2, -0.15) is 0 Å². The third kappa shape index (κ3) is 1.62. The highest BCUT2D eigenvalue weighted by Gasteiger charge is 2.02. The summed E-state index contributed by atoms with van der Waals surface area (Å²) in [6.45, 7) is -0.222. The van der Waals surface area contributed by atoms with E-state index in [-0.39, 0.29) is 12.2 Å². The SMILES string of the molecule is O=c1[nH]c(-c2cccs2)ccc1CO. The molecule has 0 aliphatic rings. The van der Waals surface area contributed by atoms with E-state index in [1.54, 1.807) is 23.5 Å². The Labute approximate surface area is 84.7 Å². The number of hydrogen-bond acceptors (Lipinski definition) is 3. The summed E-state index contributed by atoms with van der Waals surface area (Å²) in [5, 5.41) is 10.8. The summed E-state index contributed by atoms with van der Waals surface area (Å²) in [6, 6.07) is 7.32. The van der Waals surface area contributed by atoms with Crippen molar-refractivity contribution in [3.63, 3.8) is 0 Å². The lowest BCUT2D eigenvalue weighted by Gasteiger charge is -1.98. The van der Waals surface area contributed by atoms with Crippen LogP contribution in [0.1, 0.15) is 5.56 Å². The Morgan fingerprint density at radius 3 is 2.79 bits per heavy atom. The molecule has 2 aromatic rings. The summed E-state index contributed by atoms with van der Waals surface area (Å²) in [4.78, 5) is 15.1. The fraction of sp³-hybridized carbons (Fsp3) is 0.100. The minimum Gasteiger partial charge on any atom is -0.391 e. The van der Waals surface area contributed by atoms with Crippen LogP contribution in [0.5, 0.6) is 0 Å². The molecule has 0 saturated carbocycles. The fourth-order valence-electron chi connectivity index (χ4n) is 1.20. The summed E-state index contributed by atoms with van der Waals surface area (Å²) in [5.41, 5.74) is 0.964. The number of rotatable bonds is 2. The second-order valence-electron chi connectivity index (χ2n) is 2.86. The van der Waals surface area contributed by atoms with Crippen LogP contribution in [0.2, 0.25) is 0 Å². The summed E-state index contributed by atoms with van der Waals surface area (Å²) in [7, 11) is 0. The molecule has 0 bridgehead atoms. The molecule has 0 spiro atoms. The number of aromatic nitrogens is 1. The van der Waals surface area contributed by atoms with Crippen molar-refractivity contribution in [1.29, 1.82) is 0 Å². The van der Waals surface area contributed by atoms with Gasteiger partial charge >= 0.3 is 0 Å². The highest BCUT2D eigenvalue weighted by Crippen LogP contribution is 2.21. The second-order valence-corrected chi connectivity index (χ2v) is 3.81. The maximum Gasteiger partial charge on any atom is 0.253 e. The Kier molecular flexibility index (Phi) is 2.47. The van der Waals surface area contributed by atoms with E-state index in [0.29, 0.717) is 5.56 Å². The van der Waals surface area contributed by atoms with E-state index in [4.69, 9.17) is 5.11 Å². The van der Waals surface area contributed by atoms with Crippen molar-refractivity contribution in [2.75, 3.05) is 0 Å². The van der Waals surface area contributed by atoms with Crippen molar-refractivity contribution in [2.45, 2.75) is 6.61 Å². The molecule has 0 aromatic carbocycles. The number of aromatic amines is 1. The Morgan fingerprint density at radius 2 is 2.21 bits per heavy atom. The van der Waals surface area contributed by atoms with E-state index in [0.717, 1.165) is 10.6 Å². The zero-order valence-corrected chi connectivity index (χ0v) is 8.17. The van der Waals surface area contributed by atoms with Gasteiger partial charge in [0.25, 0.3) is 5.56 Å². The molecule has 2 N–H and O–H groups in total. The first-order chi connectivity index (χ1) is 6.81. The van der Waals surface area contributed by atoms with Crippen molar-refractivity contribution < 1.29 is 5.11 Å². The molecule has 2 heterocycles. The lowest BCUT2D eigenvalue weighted by atomic mass is 10.2. The van der Waals surface area contributed by atoms with Gasteiger partial charge in [-0.05, 0) is 23.6 Å². The number of H-pyrrole nitrogens is 1. The molecule has 3 nitrogen and oxygen atoms in total. The van der Waals surface area contributed by atoms with Gasteiger partial charge in [0.2, 0.25) is 0 Å². The van der Waals surface area contributed by atoms with Crippen LogP contribution in [0.3, 0.4) is 0 Å². The van der Waals surface area contributed by atoms with Crippen molar-refractivity contribution >= 4 is 11.3 Å². The van der Waals surface area contributed by atoms with Gasteiger partial charge in [0.05, 0.1) is 17.2 Å². The van der Waals surface area contributed by atoms with E-state index >= 15 is 0 Å². The van der Waals surface area contributed by atoms with Crippen LogP contribution in [0.15, 0.2) is 34.4 Å².